The smallest absolute Gasteiger partial charge is 0.266 e. The van der Waals surface area contributed by atoms with Gasteiger partial charge in [0.1, 0.15) is 5.75 Å². The normalized spacial score (nSPS) is 15.3. The Bertz CT molecular complexity index is 591. The number of anilines is 2. The van der Waals surface area contributed by atoms with Crippen molar-refractivity contribution in [1.29, 1.82) is 0 Å². The molecule has 1 saturated heterocycles. The lowest BCUT2D eigenvalue weighted by Gasteiger charge is -2.24. The molecular weight excluding hydrogens is 256 g/mol. The van der Waals surface area contributed by atoms with Gasteiger partial charge in [-0.25, -0.2) is 0 Å². The number of hydrogen-bond donors (Lipinski definition) is 1. The number of methoxy groups -OCH3 is 1. The van der Waals surface area contributed by atoms with Gasteiger partial charge in [0.05, 0.1) is 12.7 Å². The molecular formula is C14H18N4O2. The molecule has 106 valence electrons. The van der Waals surface area contributed by atoms with Crippen LogP contribution in [0.3, 0.4) is 0 Å². The van der Waals surface area contributed by atoms with Gasteiger partial charge in [-0.2, -0.15) is 4.98 Å². The first-order valence-corrected chi connectivity index (χ1v) is 6.80. The molecule has 6 nitrogen and oxygen atoms in total. The van der Waals surface area contributed by atoms with Crippen LogP contribution in [-0.2, 0) is 0 Å². The van der Waals surface area contributed by atoms with Crippen LogP contribution in [0.25, 0.3) is 11.5 Å². The van der Waals surface area contributed by atoms with Gasteiger partial charge in [-0.15, -0.1) is 0 Å². The van der Waals surface area contributed by atoms with Crippen molar-refractivity contribution in [3.8, 4) is 17.2 Å². The van der Waals surface area contributed by atoms with Crippen molar-refractivity contribution in [2.75, 3.05) is 30.8 Å². The number of ether oxygens (including phenoxy) is 1. The molecule has 0 saturated carbocycles. The largest absolute Gasteiger partial charge is 0.497 e. The van der Waals surface area contributed by atoms with Gasteiger partial charge in [-0.05, 0) is 36.6 Å². The summed E-state index contributed by atoms with van der Waals surface area (Å²) in [6.07, 6.45) is 3.62. The van der Waals surface area contributed by atoms with Crippen LogP contribution >= 0.6 is 0 Å². The lowest BCUT2D eigenvalue weighted by Crippen LogP contribution is -2.30. The first-order valence-electron chi connectivity index (χ1n) is 6.80. The quantitative estimate of drug-likeness (QED) is 0.865. The summed E-state index contributed by atoms with van der Waals surface area (Å²) in [5.74, 6) is 1.81. The molecule has 1 aromatic heterocycles. The highest BCUT2D eigenvalue weighted by molar-refractivity contribution is 5.72. The summed E-state index contributed by atoms with van der Waals surface area (Å²) in [6.45, 7) is 1.97. The van der Waals surface area contributed by atoms with Crippen LogP contribution in [0, 0.1) is 0 Å². The highest BCUT2D eigenvalue weighted by Crippen LogP contribution is 2.29. The van der Waals surface area contributed by atoms with E-state index in [4.69, 9.17) is 15.0 Å². The number of benzene rings is 1. The summed E-state index contributed by atoms with van der Waals surface area (Å²) in [6, 6.07) is 5.41. The van der Waals surface area contributed by atoms with Gasteiger partial charge in [0.25, 0.3) is 11.8 Å². The van der Waals surface area contributed by atoms with E-state index in [1.54, 1.807) is 13.2 Å². The molecule has 0 atom stereocenters. The van der Waals surface area contributed by atoms with E-state index in [2.05, 4.69) is 15.0 Å². The van der Waals surface area contributed by atoms with Gasteiger partial charge in [0, 0.05) is 24.8 Å². The third-order valence-corrected chi connectivity index (χ3v) is 3.54. The molecule has 2 heterocycles. The minimum Gasteiger partial charge on any atom is -0.497 e. The van der Waals surface area contributed by atoms with E-state index in [-0.39, 0.29) is 0 Å². The van der Waals surface area contributed by atoms with Gasteiger partial charge >= 0.3 is 0 Å². The summed E-state index contributed by atoms with van der Waals surface area (Å²) in [4.78, 5) is 6.60. The first-order chi connectivity index (χ1) is 9.78. The van der Waals surface area contributed by atoms with Crippen molar-refractivity contribution in [2.45, 2.75) is 19.3 Å². The molecule has 1 fully saturated rings. The Hall–Kier alpha value is -2.24. The first kappa shape index (κ1) is 12.8. The second kappa shape index (κ2) is 5.40. The van der Waals surface area contributed by atoms with Crippen molar-refractivity contribution in [2.24, 2.45) is 0 Å². The molecule has 0 amide bonds. The average Bonchev–Trinajstić information content (AvgIpc) is 2.97. The Balaban J connectivity index is 1.85. The maximum Gasteiger partial charge on any atom is 0.266 e. The molecule has 1 aliphatic rings. The number of nitrogens with zero attached hydrogens (tertiary/aromatic N) is 3. The van der Waals surface area contributed by atoms with Crippen LogP contribution in [0.4, 0.5) is 11.6 Å². The van der Waals surface area contributed by atoms with Crippen molar-refractivity contribution in [1.82, 2.24) is 10.1 Å². The Morgan fingerprint density at radius 3 is 2.75 bits per heavy atom. The van der Waals surface area contributed by atoms with E-state index >= 15 is 0 Å². The summed E-state index contributed by atoms with van der Waals surface area (Å²) in [7, 11) is 1.61. The Labute approximate surface area is 117 Å². The van der Waals surface area contributed by atoms with Crippen LogP contribution in [0.15, 0.2) is 22.7 Å². The fourth-order valence-electron chi connectivity index (χ4n) is 2.41. The summed E-state index contributed by atoms with van der Waals surface area (Å²) in [5.41, 5.74) is 7.30. The molecule has 0 radical (unpaired) electrons. The zero-order valence-corrected chi connectivity index (χ0v) is 11.5. The molecule has 1 aromatic carbocycles. The maximum atomic E-state index is 6.00. The fourth-order valence-corrected chi connectivity index (χ4v) is 2.41. The van der Waals surface area contributed by atoms with Crippen molar-refractivity contribution < 1.29 is 9.26 Å². The van der Waals surface area contributed by atoms with Gasteiger partial charge in [0.2, 0.25) is 0 Å². The van der Waals surface area contributed by atoms with Crippen molar-refractivity contribution in [3.63, 3.8) is 0 Å². The molecule has 6 heteroatoms. The van der Waals surface area contributed by atoms with E-state index < -0.39 is 0 Å². The molecule has 20 heavy (non-hydrogen) atoms. The van der Waals surface area contributed by atoms with Crippen LogP contribution < -0.4 is 15.4 Å². The summed E-state index contributed by atoms with van der Waals surface area (Å²) < 4.78 is 10.5. The van der Waals surface area contributed by atoms with Gasteiger partial charge in [0.15, 0.2) is 0 Å². The minimum atomic E-state index is 0.450. The Kier molecular flexibility index (Phi) is 3.45. The van der Waals surface area contributed by atoms with E-state index in [0.29, 0.717) is 23.3 Å². The van der Waals surface area contributed by atoms with Gasteiger partial charge in [-0.3, -0.25) is 0 Å². The average molecular weight is 274 g/mol. The van der Waals surface area contributed by atoms with Crippen molar-refractivity contribution >= 4 is 11.6 Å². The predicted octanol–water partition coefficient (Wildman–Crippen LogP) is 2.32. The third-order valence-electron chi connectivity index (χ3n) is 3.54. The number of hydrogen-bond acceptors (Lipinski definition) is 6. The third kappa shape index (κ3) is 2.41. The van der Waals surface area contributed by atoms with E-state index in [1.165, 1.54) is 19.3 Å². The number of piperidine rings is 1. The minimum absolute atomic E-state index is 0.450. The molecule has 2 N–H and O–H groups in total. The number of nitrogens with two attached hydrogens (primary N) is 1. The number of rotatable bonds is 3. The number of aromatic nitrogens is 2. The molecule has 3 rings (SSSR count). The molecule has 1 aliphatic heterocycles. The topological polar surface area (TPSA) is 77.4 Å². The van der Waals surface area contributed by atoms with Crippen LogP contribution in [0.5, 0.6) is 5.75 Å². The molecule has 2 aromatic rings. The van der Waals surface area contributed by atoms with Crippen molar-refractivity contribution in [3.05, 3.63) is 18.2 Å². The molecule has 0 unspecified atom stereocenters. The highest BCUT2D eigenvalue weighted by Gasteiger charge is 2.18. The zero-order valence-electron chi connectivity index (χ0n) is 11.5. The summed E-state index contributed by atoms with van der Waals surface area (Å²) >= 11 is 0. The lowest BCUT2D eigenvalue weighted by atomic mass is 10.1. The van der Waals surface area contributed by atoms with E-state index in [0.717, 1.165) is 18.7 Å². The van der Waals surface area contributed by atoms with Gasteiger partial charge in [-0.1, -0.05) is 0 Å². The molecule has 0 spiro atoms. The maximum absolute atomic E-state index is 6.00. The predicted molar refractivity (Wildman–Crippen MR) is 76.8 cm³/mol. The van der Waals surface area contributed by atoms with Crippen LogP contribution in [0.2, 0.25) is 0 Å². The Morgan fingerprint density at radius 1 is 1.25 bits per heavy atom. The SMILES string of the molecule is COc1ccc(-c2nc(N3CCCCC3)no2)c(N)c1. The fraction of sp³-hybridized carbons (Fsp3) is 0.429. The van der Waals surface area contributed by atoms with Gasteiger partial charge < -0.3 is 19.9 Å². The standard InChI is InChI=1S/C14H18N4O2/c1-19-10-5-6-11(12(15)9-10)13-16-14(17-20-13)18-7-3-2-4-8-18/h5-6,9H,2-4,7-8,15H2,1H3. The summed E-state index contributed by atoms with van der Waals surface area (Å²) in [5, 5.41) is 4.05. The van der Waals surface area contributed by atoms with E-state index in [9.17, 15) is 0 Å². The van der Waals surface area contributed by atoms with E-state index in [1.807, 2.05) is 12.1 Å². The molecule has 0 aliphatic carbocycles. The second-order valence-corrected chi connectivity index (χ2v) is 4.90. The molecule has 0 bridgehead atoms. The lowest BCUT2D eigenvalue weighted by molar-refractivity contribution is 0.414. The second-order valence-electron chi connectivity index (χ2n) is 4.90. The van der Waals surface area contributed by atoms with Crippen LogP contribution in [0.1, 0.15) is 19.3 Å². The number of nitrogen functional groups attached to an aromatic ring is 1. The zero-order chi connectivity index (χ0) is 13.9. The monoisotopic (exact) mass is 274 g/mol. The van der Waals surface area contributed by atoms with Crippen LogP contribution in [-0.4, -0.2) is 30.3 Å². The highest BCUT2D eigenvalue weighted by atomic mass is 16.5. The Morgan fingerprint density at radius 2 is 2.05 bits per heavy atom.